The zero-order valence-electron chi connectivity index (χ0n) is 12.8. The molecule has 0 aliphatic heterocycles. The molecule has 7 nitrogen and oxygen atoms in total. The number of aromatic nitrogens is 1. The number of rotatable bonds is 6. The van der Waals surface area contributed by atoms with E-state index in [0.717, 1.165) is 10.8 Å². The number of benzene rings is 2. The molecule has 4 N–H and O–H groups in total. The summed E-state index contributed by atoms with van der Waals surface area (Å²) in [5, 5.41) is 26.5. The van der Waals surface area contributed by atoms with Crippen molar-refractivity contribution in [3.05, 3.63) is 65.5 Å². The Morgan fingerprint density at radius 3 is 2.75 bits per heavy atom. The molecule has 0 bridgehead atoms. The summed E-state index contributed by atoms with van der Waals surface area (Å²) in [7, 11) is 0. The lowest BCUT2D eigenvalue weighted by molar-refractivity contribution is -0.00352. The molecule has 0 aliphatic carbocycles. The van der Waals surface area contributed by atoms with Crippen LogP contribution in [-0.4, -0.2) is 27.9 Å². The van der Waals surface area contributed by atoms with Crippen LogP contribution in [0.25, 0.3) is 10.8 Å². The van der Waals surface area contributed by atoms with E-state index in [4.69, 9.17) is 9.73 Å². The molecule has 0 radical (unpaired) electrons. The fourth-order valence-corrected chi connectivity index (χ4v) is 2.37. The Morgan fingerprint density at radius 2 is 1.96 bits per heavy atom. The average Bonchev–Trinajstić information content (AvgIpc) is 3.09. The van der Waals surface area contributed by atoms with Gasteiger partial charge in [-0.25, -0.2) is 0 Å². The Labute approximate surface area is 137 Å². The van der Waals surface area contributed by atoms with Gasteiger partial charge in [0.1, 0.15) is 11.5 Å². The third-order valence-corrected chi connectivity index (χ3v) is 3.65. The molecule has 1 unspecified atom stereocenters. The van der Waals surface area contributed by atoms with Gasteiger partial charge in [0.2, 0.25) is 0 Å². The number of nitrogens with one attached hydrogen (secondary N) is 2. The minimum Gasteiger partial charge on any atom is -0.371 e. The van der Waals surface area contributed by atoms with Crippen LogP contribution in [0.5, 0.6) is 0 Å². The van der Waals surface area contributed by atoms with Crippen molar-refractivity contribution in [2.75, 3.05) is 6.54 Å². The van der Waals surface area contributed by atoms with Crippen LogP contribution in [0.1, 0.15) is 28.0 Å². The molecule has 7 heteroatoms. The monoisotopic (exact) mass is 327 g/mol. The first-order valence-electron chi connectivity index (χ1n) is 7.47. The van der Waals surface area contributed by atoms with Gasteiger partial charge in [-0.2, -0.15) is 5.48 Å². The molecule has 3 rings (SSSR count). The van der Waals surface area contributed by atoms with E-state index in [-0.39, 0.29) is 11.6 Å². The first kappa shape index (κ1) is 16.1. The number of carbonyl (C=O) groups excluding carboxylic acids is 1. The van der Waals surface area contributed by atoms with E-state index in [9.17, 15) is 9.90 Å². The topological polar surface area (TPSA) is 108 Å². The standard InChI is InChI=1S/C17H17N3O4/c21-16(13-6-5-11-3-1-2-4-12(11)9-13)18-8-7-14-10-15(20-24-14)17(22)19-23/h1-6,9-10,17,19,22-23H,7-8H2,(H,18,21). The number of carbonyl (C=O) groups is 1. The fourth-order valence-electron chi connectivity index (χ4n) is 2.37. The molecule has 1 aromatic heterocycles. The van der Waals surface area contributed by atoms with Crippen LogP contribution in [0.4, 0.5) is 0 Å². The summed E-state index contributed by atoms with van der Waals surface area (Å²) in [6, 6.07) is 14.9. The van der Waals surface area contributed by atoms with Crippen molar-refractivity contribution in [3.63, 3.8) is 0 Å². The molecule has 0 aliphatic rings. The van der Waals surface area contributed by atoms with Crippen LogP contribution in [0, 0.1) is 0 Å². The van der Waals surface area contributed by atoms with Crippen molar-refractivity contribution in [2.45, 2.75) is 12.6 Å². The maximum Gasteiger partial charge on any atom is 0.251 e. The van der Waals surface area contributed by atoms with Gasteiger partial charge in [-0.15, -0.1) is 0 Å². The molecule has 0 saturated heterocycles. The van der Waals surface area contributed by atoms with E-state index in [1.54, 1.807) is 11.5 Å². The van der Waals surface area contributed by atoms with Crippen LogP contribution in [0.3, 0.4) is 0 Å². The second kappa shape index (κ2) is 7.22. The summed E-state index contributed by atoms with van der Waals surface area (Å²) < 4.78 is 5.02. The lowest BCUT2D eigenvalue weighted by atomic mass is 10.1. The number of hydrogen-bond acceptors (Lipinski definition) is 6. The molecule has 1 amide bonds. The quantitative estimate of drug-likeness (QED) is 0.406. The molecule has 1 heterocycles. The highest BCUT2D eigenvalue weighted by Crippen LogP contribution is 2.15. The summed E-state index contributed by atoms with van der Waals surface area (Å²) in [5.74, 6) is 0.329. The number of fused-ring (bicyclic) bond motifs is 1. The van der Waals surface area contributed by atoms with Crippen LogP contribution in [0.2, 0.25) is 0 Å². The Bertz CT molecular complexity index is 846. The van der Waals surface area contributed by atoms with E-state index in [1.807, 2.05) is 36.4 Å². The third kappa shape index (κ3) is 3.60. The molecule has 0 spiro atoms. The second-order valence-corrected chi connectivity index (χ2v) is 5.32. The van der Waals surface area contributed by atoms with Gasteiger partial charge in [-0.3, -0.25) is 4.79 Å². The van der Waals surface area contributed by atoms with Gasteiger partial charge >= 0.3 is 0 Å². The lowest BCUT2D eigenvalue weighted by Crippen LogP contribution is -2.25. The van der Waals surface area contributed by atoms with Crippen LogP contribution < -0.4 is 10.8 Å². The Kier molecular flexibility index (Phi) is 4.85. The smallest absolute Gasteiger partial charge is 0.251 e. The number of hydroxylamine groups is 1. The molecule has 124 valence electrons. The van der Waals surface area contributed by atoms with Gasteiger partial charge in [0.25, 0.3) is 5.91 Å². The molecular formula is C17H17N3O4. The predicted molar refractivity (Wildman–Crippen MR) is 86.4 cm³/mol. The summed E-state index contributed by atoms with van der Waals surface area (Å²) >= 11 is 0. The van der Waals surface area contributed by atoms with Crippen LogP contribution >= 0.6 is 0 Å². The number of nitrogens with zero attached hydrogens (tertiary/aromatic N) is 1. The third-order valence-electron chi connectivity index (χ3n) is 3.65. The molecule has 24 heavy (non-hydrogen) atoms. The summed E-state index contributed by atoms with van der Waals surface area (Å²) in [6.07, 6.45) is -0.875. The summed E-state index contributed by atoms with van der Waals surface area (Å²) in [6.45, 7) is 0.364. The van der Waals surface area contributed by atoms with Crippen molar-refractivity contribution in [3.8, 4) is 0 Å². The van der Waals surface area contributed by atoms with Gasteiger partial charge < -0.3 is 20.2 Å². The zero-order chi connectivity index (χ0) is 16.9. The molecule has 0 saturated carbocycles. The summed E-state index contributed by atoms with van der Waals surface area (Å²) in [4.78, 5) is 12.2. The van der Waals surface area contributed by atoms with Crippen LogP contribution in [0.15, 0.2) is 53.1 Å². The Hall–Kier alpha value is -2.74. The largest absolute Gasteiger partial charge is 0.371 e. The van der Waals surface area contributed by atoms with Crippen molar-refractivity contribution >= 4 is 16.7 Å². The summed E-state index contributed by atoms with van der Waals surface area (Å²) in [5.41, 5.74) is 2.43. The lowest BCUT2D eigenvalue weighted by Gasteiger charge is -2.05. The number of amides is 1. The van der Waals surface area contributed by atoms with E-state index < -0.39 is 6.23 Å². The van der Waals surface area contributed by atoms with Crippen molar-refractivity contribution in [1.29, 1.82) is 0 Å². The van der Waals surface area contributed by atoms with E-state index in [1.165, 1.54) is 6.07 Å². The first-order valence-corrected chi connectivity index (χ1v) is 7.47. The molecule has 3 aromatic rings. The molecule has 0 fully saturated rings. The first-order chi connectivity index (χ1) is 11.7. The van der Waals surface area contributed by atoms with Gasteiger partial charge in [-0.1, -0.05) is 35.5 Å². The van der Waals surface area contributed by atoms with Crippen molar-refractivity contribution < 1.29 is 19.6 Å². The number of hydrogen-bond donors (Lipinski definition) is 4. The maximum atomic E-state index is 12.2. The maximum absolute atomic E-state index is 12.2. The highest BCUT2D eigenvalue weighted by molar-refractivity contribution is 5.98. The predicted octanol–water partition coefficient (Wildman–Crippen LogP) is 1.77. The molecule has 1 atom stereocenters. The van der Waals surface area contributed by atoms with Gasteiger partial charge in [0.05, 0.1) is 0 Å². The zero-order valence-corrected chi connectivity index (χ0v) is 12.8. The normalized spacial score (nSPS) is 12.2. The minimum absolute atomic E-state index is 0.169. The number of aliphatic hydroxyl groups excluding tert-OH is 1. The average molecular weight is 327 g/mol. The van der Waals surface area contributed by atoms with Crippen molar-refractivity contribution in [1.82, 2.24) is 16.0 Å². The van der Waals surface area contributed by atoms with Crippen molar-refractivity contribution in [2.24, 2.45) is 0 Å². The highest BCUT2D eigenvalue weighted by atomic mass is 16.5. The minimum atomic E-state index is -1.30. The highest BCUT2D eigenvalue weighted by Gasteiger charge is 2.12. The van der Waals surface area contributed by atoms with Gasteiger partial charge in [0, 0.05) is 24.6 Å². The van der Waals surface area contributed by atoms with Crippen LogP contribution in [-0.2, 0) is 6.42 Å². The van der Waals surface area contributed by atoms with Gasteiger partial charge in [0.15, 0.2) is 6.23 Å². The second-order valence-electron chi connectivity index (χ2n) is 5.32. The van der Waals surface area contributed by atoms with E-state index in [2.05, 4.69) is 10.5 Å². The Balaban J connectivity index is 1.57. The molecular weight excluding hydrogens is 310 g/mol. The SMILES string of the molecule is O=C(NCCc1cc(C(O)NO)no1)c1ccc2ccccc2c1. The van der Waals surface area contributed by atoms with E-state index in [0.29, 0.717) is 24.3 Å². The van der Waals surface area contributed by atoms with E-state index >= 15 is 0 Å². The molecule has 2 aromatic carbocycles. The Morgan fingerprint density at radius 1 is 1.17 bits per heavy atom. The van der Waals surface area contributed by atoms with Gasteiger partial charge in [-0.05, 0) is 22.9 Å². The number of aliphatic hydroxyl groups is 1. The fraction of sp³-hybridized carbons (Fsp3) is 0.176.